The van der Waals surface area contributed by atoms with Crippen LogP contribution < -0.4 is 0 Å². The lowest BCUT2D eigenvalue weighted by Crippen LogP contribution is -2.06. The molecule has 0 N–H and O–H groups in total. The maximum atomic E-state index is 12.0. The van der Waals surface area contributed by atoms with E-state index in [-0.39, 0.29) is 17.3 Å². The number of ether oxygens (including phenoxy) is 1. The number of hydrogen-bond acceptors (Lipinski definition) is 5. The first kappa shape index (κ1) is 17.8. The van der Waals surface area contributed by atoms with Gasteiger partial charge in [0.1, 0.15) is 0 Å². The Bertz CT molecular complexity index is 978. The molecule has 1 aliphatic heterocycles. The molecule has 26 heavy (non-hydrogen) atoms. The Labute approximate surface area is 157 Å². The third-order valence-corrected chi connectivity index (χ3v) is 4.11. The molecule has 1 aliphatic rings. The van der Waals surface area contributed by atoms with Crippen molar-refractivity contribution in [3.05, 3.63) is 91.6 Å². The number of aliphatic imine (C=N–C) groups is 1. The van der Waals surface area contributed by atoms with Crippen LogP contribution in [0.5, 0.6) is 0 Å². The number of nitro groups is 1. The Kier molecular flexibility index (Phi) is 5.09. The highest BCUT2D eigenvalue weighted by Crippen LogP contribution is 2.25. The van der Waals surface area contributed by atoms with Gasteiger partial charge in [0.2, 0.25) is 5.90 Å². The topological polar surface area (TPSA) is 81.8 Å². The summed E-state index contributed by atoms with van der Waals surface area (Å²) in [5.41, 5.74) is 1.92. The lowest BCUT2D eigenvalue weighted by molar-refractivity contribution is -0.385. The summed E-state index contributed by atoms with van der Waals surface area (Å²) >= 11 is 3.39. The molecule has 1 heterocycles. The third-order valence-electron chi connectivity index (χ3n) is 3.65. The van der Waals surface area contributed by atoms with Crippen LogP contribution >= 0.6 is 15.9 Å². The van der Waals surface area contributed by atoms with E-state index in [4.69, 9.17) is 4.74 Å². The van der Waals surface area contributed by atoms with Crippen molar-refractivity contribution >= 4 is 39.6 Å². The van der Waals surface area contributed by atoms with Gasteiger partial charge in [-0.15, -0.1) is 0 Å². The van der Waals surface area contributed by atoms with E-state index in [1.165, 1.54) is 6.07 Å². The molecular formula is C19H13BrN2O4. The number of nitrogens with zero attached hydrogens (tertiary/aromatic N) is 2. The monoisotopic (exact) mass is 412 g/mol. The van der Waals surface area contributed by atoms with Gasteiger partial charge in [0.05, 0.1) is 4.92 Å². The molecular weight excluding hydrogens is 400 g/mol. The first-order valence-corrected chi connectivity index (χ1v) is 8.43. The molecule has 0 saturated heterocycles. The molecule has 0 aliphatic carbocycles. The van der Waals surface area contributed by atoms with Crippen molar-refractivity contribution in [1.82, 2.24) is 0 Å². The highest BCUT2D eigenvalue weighted by molar-refractivity contribution is 9.12. The van der Waals surface area contributed by atoms with Crippen molar-refractivity contribution in [2.45, 2.75) is 6.92 Å². The molecule has 0 radical (unpaired) electrons. The van der Waals surface area contributed by atoms with E-state index >= 15 is 0 Å². The zero-order chi connectivity index (χ0) is 18.7. The normalized spacial score (nSPS) is 15.8. The summed E-state index contributed by atoms with van der Waals surface area (Å²) in [7, 11) is 0. The summed E-state index contributed by atoms with van der Waals surface area (Å²) in [5.74, 6) is -0.564. The lowest BCUT2D eigenvalue weighted by Gasteiger charge is -2.01. The van der Waals surface area contributed by atoms with Crippen LogP contribution in [0, 0.1) is 17.0 Å². The van der Waals surface area contributed by atoms with Gasteiger partial charge in [-0.2, -0.15) is 0 Å². The molecule has 2 aromatic rings. The number of carbonyl (C=O) groups excluding carboxylic acids is 1. The number of nitro benzene ring substituents is 1. The van der Waals surface area contributed by atoms with Crippen molar-refractivity contribution in [2.75, 3.05) is 0 Å². The number of benzene rings is 2. The van der Waals surface area contributed by atoms with Crippen molar-refractivity contribution in [3.63, 3.8) is 0 Å². The number of carbonyl (C=O) groups is 1. The second-order valence-electron chi connectivity index (χ2n) is 5.53. The number of allylic oxidation sites excluding steroid dienone is 2. The first-order valence-electron chi connectivity index (χ1n) is 7.64. The van der Waals surface area contributed by atoms with E-state index in [0.717, 1.165) is 5.56 Å². The summed E-state index contributed by atoms with van der Waals surface area (Å²) < 4.78 is 5.81. The van der Waals surface area contributed by atoms with E-state index in [1.807, 2.05) is 36.4 Å². The molecule has 0 atom stereocenters. The van der Waals surface area contributed by atoms with Crippen molar-refractivity contribution in [2.24, 2.45) is 4.99 Å². The average Bonchev–Trinajstić information content (AvgIpc) is 2.96. The van der Waals surface area contributed by atoms with E-state index < -0.39 is 10.9 Å². The van der Waals surface area contributed by atoms with Crippen LogP contribution in [-0.2, 0) is 9.53 Å². The van der Waals surface area contributed by atoms with Crippen LogP contribution in [0.1, 0.15) is 16.7 Å². The summed E-state index contributed by atoms with van der Waals surface area (Å²) in [5, 5.41) is 11.1. The second kappa shape index (κ2) is 7.45. The quantitative estimate of drug-likeness (QED) is 0.319. The van der Waals surface area contributed by atoms with Crippen LogP contribution in [0.3, 0.4) is 0 Å². The fourth-order valence-corrected chi connectivity index (χ4v) is 2.83. The van der Waals surface area contributed by atoms with Crippen molar-refractivity contribution < 1.29 is 14.5 Å². The van der Waals surface area contributed by atoms with Crippen LogP contribution in [0.15, 0.2) is 69.8 Å². The Morgan fingerprint density at radius 3 is 2.65 bits per heavy atom. The number of cyclic esters (lactones) is 1. The predicted octanol–water partition coefficient (Wildman–Crippen LogP) is 4.53. The number of rotatable bonds is 4. The lowest BCUT2D eigenvalue weighted by atomic mass is 10.1. The maximum Gasteiger partial charge on any atom is 0.363 e. The van der Waals surface area contributed by atoms with Gasteiger partial charge >= 0.3 is 5.97 Å². The van der Waals surface area contributed by atoms with Gasteiger partial charge in [0, 0.05) is 21.7 Å². The third kappa shape index (κ3) is 3.94. The Morgan fingerprint density at radius 2 is 1.96 bits per heavy atom. The molecule has 7 heteroatoms. The molecule has 6 nitrogen and oxygen atoms in total. The Hall–Kier alpha value is -3.06. The Balaban J connectivity index is 1.91. The standard InChI is InChI=1S/C19H13BrN2O4/c1-12-7-8-14(10-17(12)22(24)25)18-21-16(19(23)26-18)11-15(20)9-13-5-3-2-4-6-13/h2-11H,1H3. The van der Waals surface area contributed by atoms with Gasteiger partial charge in [-0.1, -0.05) is 52.3 Å². The molecule has 0 spiro atoms. The average molecular weight is 413 g/mol. The molecule has 2 aromatic carbocycles. The fraction of sp³-hybridized carbons (Fsp3) is 0.0526. The van der Waals surface area contributed by atoms with E-state index in [0.29, 0.717) is 15.6 Å². The first-order chi connectivity index (χ1) is 12.4. The van der Waals surface area contributed by atoms with Crippen LogP contribution in [0.2, 0.25) is 0 Å². The largest absolute Gasteiger partial charge is 0.402 e. The molecule has 0 fully saturated rings. The minimum Gasteiger partial charge on any atom is -0.402 e. The van der Waals surface area contributed by atoms with Gasteiger partial charge in [-0.25, -0.2) is 9.79 Å². The van der Waals surface area contributed by atoms with Crippen molar-refractivity contribution in [1.29, 1.82) is 0 Å². The molecule has 130 valence electrons. The van der Waals surface area contributed by atoms with E-state index in [2.05, 4.69) is 20.9 Å². The number of halogens is 1. The fourth-order valence-electron chi connectivity index (χ4n) is 2.35. The van der Waals surface area contributed by atoms with E-state index in [1.54, 1.807) is 25.1 Å². The SMILES string of the molecule is Cc1ccc(C2=NC(=CC(Br)=Cc3ccccc3)C(=O)O2)cc1[N+](=O)[O-]. The smallest absolute Gasteiger partial charge is 0.363 e. The van der Waals surface area contributed by atoms with Gasteiger partial charge < -0.3 is 4.74 Å². The van der Waals surface area contributed by atoms with Gasteiger partial charge in [0.25, 0.3) is 5.69 Å². The van der Waals surface area contributed by atoms with Gasteiger partial charge in [-0.3, -0.25) is 10.1 Å². The van der Waals surface area contributed by atoms with Gasteiger partial charge in [0.15, 0.2) is 5.70 Å². The van der Waals surface area contributed by atoms with E-state index in [9.17, 15) is 14.9 Å². The minimum atomic E-state index is -0.610. The molecule has 0 unspecified atom stereocenters. The predicted molar refractivity (Wildman–Crippen MR) is 102 cm³/mol. The molecule has 0 aromatic heterocycles. The second-order valence-corrected chi connectivity index (χ2v) is 6.45. The summed E-state index contributed by atoms with van der Waals surface area (Å²) in [4.78, 5) is 26.8. The van der Waals surface area contributed by atoms with Crippen LogP contribution in [-0.4, -0.2) is 16.8 Å². The van der Waals surface area contributed by atoms with Gasteiger partial charge in [-0.05, 0) is 30.7 Å². The highest BCUT2D eigenvalue weighted by Gasteiger charge is 2.25. The summed E-state index contributed by atoms with van der Waals surface area (Å²) in [6.45, 7) is 1.64. The number of aryl methyl sites for hydroxylation is 1. The highest BCUT2D eigenvalue weighted by atomic mass is 79.9. The summed E-state index contributed by atoms with van der Waals surface area (Å²) in [6.07, 6.45) is 3.38. The molecule has 0 bridgehead atoms. The number of esters is 1. The molecule has 0 saturated carbocycles. The minimum absolute atomic E-state index is 0.0457. The summed E-state index contributed by atoms with van der Waals surface area (Å²) in [6, 6.07) is 14.1. The Morgan fingerprint density at radius 1 is 1.23 bits per heavy atom. The van der Waals surface area contributed by atoms with Crippen LogP contribution in [0.25, 0.3) is 6.08 Å². The maximum absolute atomic E-state index is 12.0. The molecule has 3 rings (SSSR count). The van der Waals surface area contributed by atoms with Crippen LogP contribution in [0.4, 0.5) is 5.69 Å². The molecule has 0 amide bonds. The zero-order valence-electron chi connectivity index (χ0n) is 13.7. The number of hydrogen-bond donors (Lipinski definition) is 0. The zero-order valence-corrected chi connectivity index (χ0v) is 15.3. The van der Waals surface area contributed by atoms with Crippen molar-refractivity contribution in [3.8, 4) is 0 Å².